The molecule has 0 amide bonds. The van der Waals surface area contributed by atoms with Crippen molar-refractivity contribution in [1.82, 2.24) is 4.98 Å². The smallest absolute Gasteiger partial charge is 0.166 e. The number of nitrogens with one attached hydrogen (secondary N) is 1. The quantitative estimate of drug-likeness (QED) is 0.766. The molecule has 0 radical (unpaired) electrons. The number of nitriles is 1. The van der Waals surface area contributed by atoms with E-state index >= 15 is 0 Å². The lowest BCUT2D eigenvalue weighted by Crippen LogP contribution is -1.94. The van der Waals surface area contributed by atoms with Crippen LogP contribution in [0.15, 0.2) is 60.8 Å². The van der Waals surface area contributed by atoms with E-state index in [4.69, 9.17) is 5.26 Å². The molecule has 0 saturated carbocycles. The van der Waals surface area contributed by atoms with Crippen molar-refractivity contribution in [2.24, 2.45) is 0 Å². The topological polar surface area (TPSA) is 48.7 Å². The number of halogens is 2. The van der Waals surface area contributed by atoms with Gasteiger partial charge in [-0.15, -0.1) is 0 Å². The van der Waals surface area contributed by atoms with Crippen molar-refractivity contribution in [3.05, 3.63) is 78.0 Å². The predicted octanol–water partition coefficient (Wildman–Crippen LogP) is 4.64. The number of hydrogen-bond acceptors (Lipinski definition) is 3. The fourth-order valence-electron chi connectivity index (χ4n) is 2.13. The molecule has 0 fully saturated rings. The van der Waals surface area contributed by atoms with E-state index < -0.39 is 11.6 Å². The maximum Gasteiger partial charge on any atom is 0.166 e. The second kappa shape index (κ2) is 6.24. The van der Waals surface area contributed by atoms with Gasteiger partial charge in [0.25, 0.3) is 0 Å². The van der Waals surface area contributed by atoms with Crippen molar-refractivity contribution in [3.63, 3.8) is 0 Å². The van der Waals surface area contributed by atoms with Crippen LogP contribution in [0, 0.1) is 23.0 Å². The number of aromatic nitrogens is 1. The average molecular weight is 307 g/mol. The summed E-state index contributed by atoms with van der Waals surface area (Å²) in [7, 11) is 0. The molecule has 0 atom stereocenters. The molecule has 1 N–H and O–H groups in total. The zero-order valence-corrected chi connectivity index (χ0v) is 11.9. The summed E-state index contributed by atoms with van der Waals surface area (Å²) in [6, 6.07) is 16.3. The zero-order valence-electron chi connectivity index (χ0n) is 11.9. The van der Waals surface area contributed by atoms with Gasteiger partial charge in [0.15, 0.2) is 11.6 Å². The zero-order chi connectivity index (χ0) is 16.2. The molecule has 0 aliphatic carbocycles. The van der Waals surface area contributed by atoms with Gasteiger partial charge in [-0.3, -0.25) is 0 Å². The largest absolute Gasteiger partial charge is 0.340 e. The standard InChI is InChI=1S/C18H11F2N3/c19-16-3-1-2-15(18(16)20)13-6-9-17(22-11-13)23-14-7-4-12(10-21)5-8-14/h1-9,11H,(H,22,23). The first kappa shape index (κ1) is 14.7. The molecule has 3 nitrogen and oxygen atoms in total. The van der Waals surface area contributed by atoms with Crippen molar-refractivity contribution in [3.8, 4) is 17.2 Å². The third-order valence-electron chi connectivity index (χ3n) is 3.31. The maximum atomic E-state index is 13.8. The Bertz CT molecular complexity index is 866. The fourth-order valence-corrected chi connectivity index (χ4v) is 2.13. The fraction of sp³-hybridized carbons (Fsp3) is 0. The van der Waals surface area contributed by atoms with Gasteiger partial charge >= 0.3 is 0 Å². The first-order chi connectivity index (χ1) is 11.2. The molecule has 1 heterocycles. The Morgan fingerprint density at radius 1 is 0.957 bits per heavy atom. The van der Waals surface area contributed by atoms with Crippen molar-refractivity contribution in [2.75, 3.05) is 5.32 Å². The molecule has 0 aliphatic heterocycles. The van der Waals surface area contributed by atoms with Gasteiger partial charge in [0.05, 0.1) is 11.6 Å². The summed E-state index contributed by atoms with van der Waals surface area (Å²) in [6.07, 6.45) is 1.48. The number of rotatable bonds is 3. The lowest BCUT2D eigenvalue weighted by atomic mass is 10.1. The Balaban J connectivity index is 1.81. The van der Waals surface area contributed by atoms with Crippen LogP contribution in [0.3, 0.4) is 0 Å². The van der Waals surface area contributed by atoms with E-state index in [0.717, 1.165) is 11.8 Å². The van der Waals surface area contributed by atoms with Gasteiger partial charge < -0.3 is 5.32 Å². The van der Waals surface area contributed by atoms with E-state index in [-0.39, 0.29) is 5.56 Å². The molecule has 2 aromatic carbocycles. The molecule has 3 rings (SSSR count). The third-order valence-corrected chi connectivity index (χ3v) is 3.31. The van der Waals surface area contributed by atoms with Gasteiger partial charge in [-0.2, -0.15) is 5.26 Å². The van der Waals surface area contributed by atoms with Crippen molar-refractivity contribution in [1.29, 1.82) is 5.26 Å². The van der Waals surface area contributed by atoms with Crippen LogP contribution in [-0.4, -0.2) is 4.98 Å². The van der Waals surface area contributed by atoms with Crippen molar-refractivity contribution >= 4 is 11.5 Å². The number of anilines is 2. The number of benzene rings is 2. The van der Waals surface area contributed by atoms with Crippen LogP contribution in [-0.2, 0) is 0 Å². The van der Waals surface area contributed by atoms with Crippen LogP contribution >= 0.6 is 0 Å². The van der Waals surface area contributed by atoms with E-state index in [9.17, 15) is 8.78 Å². The lowest BCUT2D eigenvalue weighted by Gasteiger charge is -2.07. The third kappa shape index (κ3) is 3.16. The van der Waals surface area contributed by atoms with Crippen LogP contribution in [0.5, 0.6) is 0 Å². The first-order valence-corrected chi connectivity index (χ1v) is 6.85. The normalized spacial score (nSPS) is 10.1. The Hall–Kier alpha value is -3.26. The number of pyridine rings is 1. The maximum absolute atomic E-state index is 13.8. The molecule has 5 heteroatoms. The molecular formula is C18H11F2N3. The second-order valence-corrected chi connectivity index (χ2v) is 4.85. The van der Waals surface area contributed by atoms with Gasteiger partial charge in [-0.1, -0.05) is 12.1 Å². The van der Waals surface area contributed by atoms with Gasteiger partial charge in [0.1, 0.15) is 5.82 Å². The van der Waals surface area contributed by atoms with Gasteiger partial charge in [0.2, 0.25) is 0 Å². The molecule has 0 unspecified atom stereocenters. The van der Waals surface area contributed by atoms with Gasteiger partial charge in [-0.05, 0) is 42.5 Å². The molecule has 112 valence electrons. The van der Waals surface area contributed by atoms with E-state index in [0.29, 0.717) is 16.9 Å². The molecule has 1 aromatic heterocycles. The highest BCUT2D eigenvalue weighted by atomic mass is 19.2. The summed E-state index contributed by atoms with van der Waals surface area (Å²) in [6.45, 7) is 0. The van der Waals surface area contributed by atoms with E-state index in [1.54, 1.807) is 36.4 Å². The van der Waals surface area contributed by atoms with E-state index in [1.807, 2.05) is 6.07 Å². The highest BCUT2D eigenvalue weighted by Crippen LogP contribution is 2.25. The van der Waals surface area contributed by atoms with Gasteiger partial charge in [0, 0.05) is 23.0 Å². The summed E-state index contributed by atoms with van der Waals surface area (Å²) in [5.41, 5.74) is 2.01. The van der Waals surface area contributed by atoms with E-state index in [1.165, 1.54) is 18.3 Å². The van der Waals surface area contributed by atoms with Crippen molar-refractivity contribution < 1.29 is 8.78 Å². The van der Waals surface area contributed by atoms with Crippen molar-refractivity contribution in [2.45, 2.75) is 0 Å². The number of hydrogen-bond donors (Lipinski definition) is 1. The summed E-state index contributed by atoms with van der Waals surface area (Å²) >= 11 is 0. The molecule has 0 aliphatic rings. The minimum Gasteiger partial charge on any atom is -0.340 e. The van der Waals surface area contributed by atoms with Crippen LogP contribution in [0.25, 0.3) is 11.1 Å². The van der Waals surface area contributed by atoms with Crippen LogP contribution < -0.4 is 5.32 Å². The molecule has 23 heavy (non-hydrogen) atoms. The summed E-state index contributed by atoms with van der Waals surface area (Å²) in [4.78, 5) is 4.20. The van der Waals surface area contributed by atoms with E-state index in [2.05, 4.69) is 10.3 Å². The van der Waals surface area contributed by atoms with Gasteiger partial charge in [-0.25, -0.2) is 13.8 Å². The Morgan fingerprint density at radius 3 is 2.39 bits per heavy atom. The van der Waals surface area contributed by atoms with Crippen LogP contribution in [0.1, 0.15) is 5.56 Å². The van der Waals surface area contributed by atoms with Crippen LogP contribution in [0.2, 0.25) is 0 Å². The monoisotopic (exact) mass is 307 g/mol. The average Bonchev–Trinajstić information content (AvgIpc) is 2.59. The summed E-state index contributed by atoms with van der Waals surface area (Å²) < 4.78 is 27.0. The highest BCUT2D eigenvalue weighted by molar-refractivity contribution is 5.66. The molecular weight excluding hydrogens is 296 g/mol. The lowest BCUT2D eigenvalue weighted by molar-refractivity contribution is 0.511. The Morgan fingerprint density at radius 2 is 1.74 bits per heavy atom. The molecule has 3 aromatic rings. The minimum absolute atomic E-state index is 0.169. The Kier molecular flexibility index (Phi) is 3.98. The molecule has 0 spiro atoms. The van der Waals surface area contributed by atoms with Crippen LogP contribution in [0.4, 0.5) is 20.3 Å². The second-order valence-electron chi connectivity index (χ2n) is 4.85. The molecule has 0 bridgehead atoms. The number of nitrogens with zero attached hydrogens (tertiary/aromatic N) is 2. The SMILES string of the molecule is N#Cc1ccc(Nc2ccc(-c3cccc(F)c3F)cn2)cc1. The predicted molar refractivity (Wildman–Crippen MR) is 84.0 cm³/mol. The summed E-state index contributed by atoms with van der Waals surface area (Å²) in [5, 5.41) is 11.8. The minimum atomic E-state index is -0.887. The Labute approximate surface area is 131 Å². The highest BCUT2D eigenvalue weighted by Gasteiger charge is 2.09. The summed E-state index contributed by atoms with van der Waals surface area (Å²) in [5.74, 6) is -1.21. The molecule has 0 saturated heterocycles. The first-order valence-electron chi connectivity index (χ1n) is 6.85.